The van der Waals surface area contributed by atoms with Gasteiger partial charge in [0.25, 0.3) is 0 Å². The maximum absolute atomic E-state index is 12.1. The number of hydrogen-bond acceptors (Lipinski definition) is 4. The van der Waals surface area contributed by atoms with Crippen molar-refractivity contribution in [2.24, 2.45) is 0 Å². The van der Waals surface area contributed by atoms with Crippen LogP contribution in [0.3, 0.4) is 0 Å². The van der Waals surface area contributed by atoms with Crippen LogP contribution in [0.25, 0.3) is 10.8 Å². The Balaban J connectivity index is 1.13. The summed E-state index contributed by atoms with van der Waals surface area (Å²) in [5, 5.41) is 6.01. The molecule has 5 rings (SSSR count). The summed E-state index contributed by atoms with van der Waals surface area (Å²) in [5.41, 5.74) is 4.40. The van der Waals surface area contributed by atoms with Gasteiger partial charge in [-0.1, -0.05) is 78.9 Å². The van der Waals surface area contributed by atoms with Crippen LogP contribution in [0.5, 0.6) is 0 Å². The summed E-state index contributed by atoms with van der Waals surface area (Å²) in [6, 6.07) is 33.1. The van der Waals surface area contributed by atoms with Crippen molar-refractivity contribution < 1.29 is 14.3 Å². The number of nitrogens with one attached hydrogen (secondary N) is 1. The maximum atomic E-state index is 12.1. The fraction of sp³-hybridized carbons (Fsp3) is 0.281. The minimum absolute atomic E-state index is 0.147. The molecule has 0 radical (unpaired) electrons. The number of fused-ring (bicyclic) bond motifs is 1. The predicted octanol–water partition coefficient (Wildman–Crippen LogP) is 6.29. The van der Waals surface area contributed by atoms with Crippen molar-refractivity contribution in [3.05, 3.63) is 119 Å². The van der Waals surface area contributed by atoms with E-state index in [2.05, 4.69) is 72.0 Å². The first kappa shape index (κ1) is 24.2. The minimum atomic E-state index is -0.258. The fourth-order valence-corrected chi connectivity index (χ4v) is 4.95. The van der Waals surface area contributed by atoms with E-state index in [1.165, 1.54) is 27.5 Å². The number of carbonyl (C=O) groups is 1. The lowest BCUT2D eigenvalue weighted by Gasteiger charge is -2.32. The number of aryl methyl sites for hydroxylation is 1. The molecule has 1 saturated heterocycles. The molecule has 0 aliphatic carbocycles. The second kappa shape index (κ2) is 12.0. The summed E-state index contributed by atoms with van der Waals surface area (Å²) >= 11 is 0. The van der Waals surface area contributed by atoms with Crippen LogP contribution in [0.4, 0.5) is 0 Å². The van der Waals surface area contributed by atoms with Gasteiger partial charge >= 0.3 is 5.97 Å². The average molecular weight is 480 g/mol. The molecule has 0 aromatic heterocycles. The lowest BCUT2D eigenvalue weighted by Crippen LogP contribution is -2.40. The van der Waals surface area contributed by atoms with E-state index >= 15 is 0 Å². The van der Waals surface area contributed by atoms with Gasteiger partial charge in [0.05, 0.1) is 24.9 Å². The Kier molecular flexibility index (Phi) is 8.06. The number of carbonyl (C=O) groups excluding carboxylic acids is 1. The second-order valence-corrected chi connectivity index (χ2v) is 9.48. The van der Waals surface area contributed by atoms with Gasteiger partial charge in [0.1, 0.15) is 0 Å². The van der Waals surface area contributed by atoms with E-state index in [0.717, 1.165) is 32.4 Å². The summed E-state index contributed by atoms with van der Waals surface area (Å²) in [5.74, 6) is 0.124. The van der Waals surface area contributed by atoms with Crippen molar-refractivity contribution in [3.63, 3.8) is 0 Å². The van der Waals surface area contributed by atoms with Crippen LogP contribution in [-0.4, -0.2) is 31.8 Å². The first-order chi connectivity index (χ1) is 17.8. The topological polar surface area (TPSA) is 47.6 Å². The second-order valence-electron chi connectivity index (χ2n) is 9.48. The SMILES string of the molecule is O=C(OCCCc1ccc(C2CCNCC2OCc2ccc3ccccc3c2)cc1)c1ccccc1. The van der Waals surface area contributed by atoms with Gasteiger partial charge in [-0.15, -0.1) is 0 Å². The zero-order valence-corrected chi connectivity index (χ0v) is 20.6. The highest BCUT2D eigenvalue weighted by Gasteiger charge is 2.27. The van der Waals surface area contributed by atoms with E-state index in [1.54, 1.807) is 12.1 Å². The van der Waals surface area contributed by atoms with Crippen LogP contribution >= 0.6 is 0 Å². The van der Waals surface area contributed by atoms with E-state index in [4.69, 9.17) is 9.47 Å². The molecule has 1 fully saturated rings. The lowest BCUT2D eigenvalue weighted by atomic mass is 9.87. The van der Waals surface area contributed by atoms with Crippen LogP contribution in [0.15, 0.2) is 97.1 Å². The van der Waals surface area contributed by atoms with Gasteiger partial charge in [-0.25, -0.2) is 4.79 Å². The Morgan fingerprint density at radius 1 is 0.833 bits per heavy atom. The third-order valence-electron chi connectivity index (χ3n) is 6.96. The van der Waals surface area contributed by atoms with E-state index in [9.17, 15) is 4.79 Å². The number of rotatable bonds is 9. The zero-order valence-electron chi connectivity index (χ0n) is 20.6. The van der Waals surface area contributed by atoms with E-state index in [1.807, 2.05) is 18.2 Å². The average Bonchev–Trinajstić information content (AvgIpc) is 2.95. The first-order valence-electron chi connectivity index (χ1n) is 12.9. The lowest BCUT2D eigenvalue weighted by molar-refractivity contribution is 0.0106. The Labute approximate surface area is 213 Å². The van der Waals surface area contributed by atoms with Crippen molar-refractivity contribution in [2.45, 2.75) is 37.9 Å². The van der Waals surface area contributed by atoms with Crippen molar-refractivity contribution in [1.29, 1.82) is 0 Å². The molecule has 2 atom stereocenters. The molecule has 1 aliphatic heterocycles. The number of ether oxygens (including phenoxy) is 2. The van der Waals surface area contributed by atoms with E-state index < -0.39 is 0 Å². The summed E-state index contributed by atoms with van der Waals surface area (Å²) in [6.07, 6.45) is 2.91. The van der Waals surface area contributed by atoms with Gasteiger partial charge in [-0.2, -0.15) is 0 Å². The predicted molar refractivity (Wildman–Crippen MR) is 144 cm³/mol. The quantitative estimate of drug-likeness (QED) is 0.226. The van der Waals surface area contributed by atoms with Gasteiger partial charge in [0.2, 0.25) is 0 Å². The normalized spacial score (nSPS) is 17.7. The van der Waals surface area contributed by atoms with Crippen LogP contribution in [0.1, 0.15) is 45.8 Å². The molecule has 1 heterocycles. The van der Waals surface area contributed by atoms with Crippen molar-refractivity contribution in [1.82, 2.24) is 5.32 Å². The smallest absolute Gasteiger partial charge is 0.338 e. The van der Waals surface area contributed by atoms with Crippen molar-refractivity contribution in [2.75, 3.05) is 19.7 Å². The molecule has 36 heavy (non-hydrogen) atoms. The molecule has 1 aliphatic rings. The van der Waals surface area contributed by atoms with Crippen molar-refractivity contribution >= 4 is 16.7 Å². The van der Waals surface area contributed by atoms with Gasteiger partial charge in [0.15, 0.2) is 0 Å². The molecule has 4 nitrogen and oxygen atoms in total. The molecular weight excluding hydrogens is 446 g/mol. The van der Waals surface area contributed by atoms with Crippen molar-refractivity contribution in [3.8, 4) is 0 Å². The summed E-state index contributed by atoms with van der Waals surface area (Å²) < 4.78 is 11.8. The molecule has 4 aromatic carbocycles. The van der Waals surface area contributed by atoms with Crippen LogP contribution in [0, 0.1) is 0 Å². The third-order valence-corrected chi connectivity index (χ3v) is 6.96. The number of hydrogen-bond donors (Lipinski definition) is 1. The molecule has 4 heteroatoms. The maximum Gasteiger partial charge on any atom is 0.338 e. The van der Waals surface area contributed by atoms with Gasteiger partial charge in [-0.3, -0.25) is 0 Å². The summed E-state index contributed by atoms with van der Waals surface area (Å²) in [4.78, 5) is 12.1. The molecule has 1 N–H and O–H groups in total. The third kappa shape index (κ3) is 6.20. The Bertz CT molecular complexity index is 1270. The number of piperidine rings is 1. The standard InChI is InChI=1S/C32H33NO3/c34-32(28-9-2-1-3-10-28)35-20-6-7-24-12-16-27(17-13-24)30-18-19-33-22-31(30)36-23-25-14-15-26-8-4-5-11-29(26)21-25/h1-5,8-17,21,30-31,33H,6-7,18-20,22-23H2. The summed E-state index contributed by atoms with van der Waals surface area (Å²) in [7, 11) is 0. The van der Waals surface area contributed by atoms with Gasteiger partial charge in [-0.05, 0) is 71.5 Å². The van der Waals surface area contributed by atoms with Crippen LogP contribution in [0.2, 0.25) is 0 Å². The molecule has 184 valence electrons. The zero-order chi connectivity index (χ0) is 24.6. The highest BCUT2D eigenvalue weighted by Crippen LogP contribution is 2.29. The molecule has 0 spiro atoms. The molecular formula is C32H33NO3. The Morgan fingerprint density at radius 3 is 2.42 bits per heavy atom. The van der Waals surface area contributed by atoms with Gasteiger partial charge < -0.3 is 14.8 Å². The van der Waals surface area contributed by atoms with E-state index in [-0.39, 0.29) is 12.1 Å². The first-order valence-corrected chi connectivity index (χ1v) is 12.9. The molecule has 0 amide bonds. The summed E-state index contributed by atoms with van der Waals surface area (Å²) in [6.45, 7) is 2.92. The van der Waals surface area contributed by atoms with E-state index in [0.29, 0.717) is 24.7 Å². The molecule has 0 saturated carbocycles. The minimum Gasteiger partial charge on any atom is -0.462 e. The fourth-order valence-electron chi connectivity index (χ4n) is 4.95. The Hall–Kier alpha value is -3.47. The highest BCUT2D eigenvalue weighted by molar-refractivity contribution is 5.89. The Morgan fingerprint density at radius 2 is 1.58 bits per heavy atom. The van der Waals surface area contributed by atoms with Crippen LogP contribution in [-0.2, 0) is 22.5 Å². The largest absolute Gasteiger partial charge is 0.462 e. The van der Waals surface area contributed by atoms with Gasteiger partial charge in [0, 0.05) is 12.5 Å². The highest BCUT2D eigenvalue weighted by atomic mass is 16.5. The molecule has 2 unspecified atom stereocenters. The molecule has 0 bridgehead atoms. The van der Waals surface area contributed by atoms with Crippen LogP contribution < -0.4 is 5.32 Å². The molecule has 4 aromatic rings. The monoisotopic (exact) mass is 479 g/mol. The number of benzene rings is 4. The number of esters is 1.